The van der Waals surface area contributed by atoms with Gasteiger partial charge in [0.05, 0.1) is 0 Å². The molecule has 0 spiro atoms. The highest BCUT2D eigenvalue weighted by atomic mass is 16.2. The average Bonchev–Trinajstić information content (AvgIpc) is 3.12. The molecule has 31 heavy (non-hydrogen) atoms. The molecule has 0 unspecified atom stereocenters. The molecule has 7 nitrogen and oxygen atoms in total. The minimum Gasteiger partial charge on any atom is -0.312 e. The fraction of sp³-hybridized carbons (Fsp3) is 0.542. The number of aromatic nitrogens is 4. The Labute approximate surface area is 182 Å². The van der Waals surface area contributed by atoms with E-state index in [0.29, 0.717) is 23.6 Å². The topological polar surface area (TPSA) is 65.1 Å². The molecule has 0 bridgehead atoms. The van der Waals surface area contributed by atoms with E-state index in [1.807, 2.05) is 4.57 Å². The second-order valence-electron chi connectivity index (χ2n) is 9.04. The zero-order valence-electron chi connectivity index (χ0n) is 19.3. The molecule has 7 heteroatoms. The van der Waals surface area contributed by atoms with E-state index in [4.69, 9.17) is 4.98 Å². The third-order valence-corrected chi connectivity index (χ3v) is 6.48. The van der Waals surface area contributed by atoms with Gasteiger partial charge in [-0.05, 0) is 49.4 Å². The molecule has 0 radical (unpaired) electrons. The normalized spacial score (nSPS) is 16.2. The summed E-state index contributed by atoms with van der Waals surface area (Å²) in [4.78, 5) is 33.3. The van der Waals surface area contributed by atoms with E-state index in [2.05, 4.69) is 50.8 Å². The SMILES string of the molecule is CCCCCCn1c(=O)c2c(nc3n2C[C@H](C)CN3c2ccc(C)c(C)c2)n(C)c1=O. The standard InChI is InChI=1S/C24H33N5O2/c1-6-7-8-9-12-27-22(30)20-21(26(5)24(27)31)25-23-28(14-16(2)15-29(20)23)19-11-10-17(3)18(4)13-19/h10-11,13,16H,6-9,12,14-15H2,1-5H3/t16-/m1/s1. The molecule has 1 aliphatic rings. The lowest BCUT2D eigenvalue weighted by atomic mass is 10.1. The van der Waals surface area contributed by atoms with E-state index >= 15 is 0 Å². The summed E-state index contributed by atoms with van der Waals surface area (Å²) in [5.74, 6) is 1.09. The number of nitrogens with zero attached hydrogens (tertiary/aromatic N) is 5. The Balaban J connectivity index is 1.87. The van der Waals surface area contributed by atoms with Gasteiger partial charge in [0.15, 0.2) is 11.2 Å². The van der Waals surface area contributed by atoms with Crippen LogP contribution in [0.4, 0.5) is 11.6 Å². The van der Waals surface area contributed by atoms with Crippen molar-refractivity contribution >= 4 is 22.8 Å². The Hall–Kier alpha value is -2.83. The highest BCUT2D eigenvalue weighted by Gasteiger charge is 2.29. The molecule has 1 aromatic carbocycles. The first kappa shape index (κ1) is 21.4. The Morgan fingerprint density at radius 2 is 1.84 bits per heavy atom. The summed E-state index contributed by atoms with van der Waals surface area (Å²) in [6.45, 7) is 10.5. The number of unbranched alkanes of at least 4 members (excludes halogenated alkanes) is 3. The molecule has 0 saturated carbocycles. The van der Waals surface area contributed by atoms with E-state index in [-0.39, 0.29) is 11.2 Å². The lowest BCUT2D eigenvalue weighted by molar-refractivity contribution is 0.457. The summed E-state index contributed by atoms with van der Waals surface area (Å²) in [7, 11) is 1.72. The Morgan fingerprint density at radius 3 is 2.55 bits per heavy atom. The maximum absolute atomic E-state index is 13.4. The van der Waals surface area contributed by atoms with Crippen molar-refractivity contribution in [2.45, 2.75) is 66.5 Å². The zero-order valence-corrected chi connectivity index (χ0v) is 19.3. The van der Waals surface area contributed by atoms with Crippen LogP contribution in [0.5, 0.6) is 0 Å². The summed E-state index contributed by atoms with van der Waals surface area (Å²) in [6.07, 6.45) is 4.09. The summed E-state index contributed by atoms with van der Waals surface area (Å²) in [5, 5.41) is 0. The first-order valence-corrected chi connectivity index (χ1v) is 11.4. The third-order valence-electron chi connectivity index (χ3n) is 6.48. The lowest BCUT2D eigenvalue weighted by Gasteiger charge is -2.33. The fourth-order valence-corrected chi connectivity index (χ4v) is 4.51. The van der Waals surface area contributed by atoms with Crippen LogP contribution in [0.25, 0.3) is 11.2 Å². The molecule has 0 N–H and O–H groups in total. The second-order valence-corrected chi connectivity index (χ2v) is 9.04. The van der Waals surface area contributed by atoms with Crippen LogP contribution in [-0.2, 0) is 20.1 Å². The van der Waals surface area contributed by atoms with E-state index < -0.39 is 0 Å². The van der Waals surface area contributed by atoms with Gasteiger partial charge in [0.25, 0.3) is 5.56 Å². The molecule has 3 heterocycles. The Kier molecular flexibility index (Phi) is 5.77. The molecule has 3 aromatic rings. The van der Waals surface area contributed by atoms with Crippen LogP contribution in [0.1, 0.15) is 50.7 Å². The average molecular weight is 424 g/mol. The van der Waals surface area contributed by atoms with Gasteiger partial charge in [-0.25, -0.2) is 4.79 Å². The van der Waals surface area contributed by atoms with E-state index in [1.165, 1.54) is 20.3 Å². The van der Waals surface area contributed by atoms with Gasteiger partial charge >= 0.3 is 5.69 Å². The largest absolute Gasteiger partial charge is 0.332 e. The fourth-order valence-electron chi connectivity index (χ4n) is 4.51. The van der Waals surface area contributed by atoms with Crippen molar-refractivity contribution in [1.82, 2.24) is 18.7 Å². The minimum absolute atomic E-state index is 0.220. The summed E-state index contributed by atoms with van der Waals surface area (Å²) in [6, 6.07) is 6.40. The highest BCUT2D eigenvalue weighted by Crippen LogP contribution is 2.33. The van der Waals surface area contributed by atoms with Crippen LogP contribution in [0.3, 0.4) is 0 Å². The number of anilines is 2. The predicted molar refractivity (Wildman–Crippen MR) is 125 cm³/mol. The summed E-state index contributed by atoms with van der Waals surface area (Å²) >= 11 is 0. The maximum atomic E-state index is 13.4. The number of hydrogen-bond donors (Lipinski definition) is 0. The highest BCUT2D eigenvalue weighted by molar-refractivity contribution is 5.77. The smallest absolute Gasteiger partial charge is 0.312 e. The molecule has 166 valence electrons. The summed E-state index contributed by atoms with van der Waals surface area (Å²) < 4.78 is 4.95. The number of benzene rings is 1. The maximum Gasteiger partial charge on any atom is 0.332 e. The molecular weight excluding hydrogens is 390 g/mol. The van der Waals surface area contributed by atoms with Crippen LogP contribution in [0.15, 0.2) is 27.8 Å². The van der Waals surface area contributed by atoms with Crippen LogP contribution in [0, 0.1) is 19.8 Å². The van der Waals surface area contributed by atoms with Crippen molar-refractivity contribution in [3.63, 3.8) is 0 Å². The van der Waals surface area contributed by atoms with Crippen LogP contribution < -0.4 is 16.1 Å². The van der Waals surface area contributed by atoms with Gasteiger partial charge in [-0.2, -0.15) is 4.98 Å². The number of hydrogen-bond acceptors (Lipinski definition) is 4. The van der Waals surface area contributed by atoms with Crippen molar-refractivity contribution in [3.05, 3.63) is 50.2 Å². The third kappa shape index (κ3) is 3.70. The van der Waals surface area contributed by atoms with Gasteiger partial charge in [0.1, 0.15) is 0 Å². The predicted octanol–water partition coefficient (Wildman–Crippen LogP) is 3.88. The van der Waals surface area contributed by atoms with Crippen molar-refractivity contribution in [1.29, 1.82) is 0 Å². The number of fused-ring (bicyclic) bond motifs is 3. The lowest BCUT2D eigenvalue weighted by Crippen LogP contribution is -2.40. The van der Waals surface area contributed by atoms with Gasteiger partial charge in [-0.3, -0.25) is 13.9 Å². The quantitative estimate of drug-likeness (QED) is 0.565. The monoisotopic (exact) mass is 423 g/mol. The molecule has 0 aliphatic carbocycles. The van der Waals surface area contributed by atoms with Crippen LogP contribution in [-0.4, -0.2) is 25.2 Å². The molecule has 0 amide bonds. The van der Waals surface area contributed by atoms with Crippen LogP contribution >= 0.6 is 0 Å². The number of aryl methyl sites for hydroxylation is 3. The molecular formula is C24H33N5O2. The Morgan fingerprint density at radius 1 is 1.06 bits per heavy atom. The second kappa shape index (κ2) is 8.36. The van der Waals surface area contributed by atoms with Crippen LogP contribution in [0.2, 0.25) is 0 Å². The molecule has 1 atom stereocenters. The van der Waals surface area contributed by atoms with Gasteiger partial charge in [-0.15, -0.1) is 0 Å². The molecule has 0 fully saturated rings. The van der Waals surface area contributed by atoms with E-state index in [9.17, 15) is 9.59 Å². The van der Waals surface area contributed by atoms with Gasteiger partial charge in [0, 0.05) is 32.4 Å². The van der Waals surface area contributed by atoms with Crippen molar-refractivity contribution in [2.24, 2.45) is 13.0 Å². The van der Waals surface area contributed by atoms with Crippen molar-refractivity contribution < 1.29 is 0 Å². The van der Waals surface area contributed by atoms with Crippen molar-refractivity contribution in [3.8, 4) is 0 Å². The number of rotatable bonds is 6. The first-order valence-electron chi connectivity index (χ1n) is 11.4. The van der Waals surface area contributed by atoms with E-state index in [0.717, 1.165) is 50.4 Å². The Bertz CT molecular complexity index is 1230. The van der Waals surface area contributed by atoms with Crippen molar-refractivity contribution in [2.75, 3.05) is 11.4 Å². The molecule has 0 saturated heterocycles. The van der Waals surface area contributed by atoms with Gasteiger partial charge < -0.3 is 9.47 Å². The number of imidazole rings is 1. The van der Waals surface area contributed by atoms with Gasteiger partial charge in [0.2, 0.25) is 5.95 Å². The van der Waals surface area contributed by atoms with E-state index in [1.54, 1.807) is 7.05 Å². The summed E-state index contributed by atoms with van der Waals surface area (Å²) in [5.41, 5.74) is 4.04. The van der Waals surface area contributed by atoms with Gasteiger partial charge in [-0.1, -0.05) is 39.2 Å². The molecule has 4 rings (SSSR count). The zero-order chi connectivity index (χ0) is 22.3. The molecule has 2 aromatic heterocycles. The minimum atomic E-state index is -0.282. The first-order chi connectivity index (χ1) is 14.8. The molecule has 1 aliphatic heterocycles.